The smallest absolute Gasteiger partial charge is 0.0173 e. The second-order valence-electron chi connectivity index (χ2n) is 6.57. The molecule has 0 atom stereocenters. The first-order chi connectivity index (χ1) is 9.83. The minimum Gasteiger partial charge on any atom is -0.310 e. The Kier molecular flexibility index (Phi) is 4.57. The minimum absolute atomic E-state index is 0.805. The maximum absolute atomic E-state index is 3.73. The Morgan fingerprint density at radius 2 is 1.85 bits per heavy atom. The molecule has 108 valence electrons. The van der Waals surface area contributed by atoms with Crippen molar-refractivity contribution in [2.75, 3.05) is 6.54 Å². The van der Waals surface area contributed by atoms with Crippen LogP contribution in [0, 0.1) is 12.8 Å². The second-order valence-corrected chi connectivity index (χ2v) is 6.57. The summed E-state index contributed by atoms with van der Waals surface area (Å²) in [5.41, 5.74) is 4.45. The number of aryl methyl sites for hydroxylation is 1. The first-order valence-corrected chi connectivity index (χ1v) is 8.32. The number of benzene rings is 1. The Morgan fingerprint density at radius 1 is 1.10 bits per heavy atom. The Labute approximate surface area is 123 Å². The van der Waals surface area contributed by atoms with Crippen LogP contribution < -0.4 is 5.32 Å². The molecule has 1 aromatic rings. The molecule has 0 unspecified atom stereocenters. The van der Waals surface area contributed by atoms with Crippen molar-refractivity contribution in [3.63, 3.8) is 0 Å². The summed E-state index contributed by atoms with van der Waals surface area (Å²) in [5.74, 6) is 0.814. The van der Waals surface area contributed by atoms with E-state index in [4.69, 9.17) is 0 Å². The Bertz CT molecular complexity index is 464. The lowest BCUT2D eigenvalue weighted by atomic mass is 9.82. The van der Waals surface area contributed by atoms with E-state index in [1.807, 2.05) is 0 Å². The van der Waals surface area contributed by atoms with Crippen LogP contribution in [0.3, 0.4) is 0 Å². The number of nitrogens with one attached hydrogen (secondary N) is 1. The molecule has 0 amide bonds. The fourth-order valence-electron chi connectivity index (χ4n) is 3.28. The Morgan fingerprint density at radius 3 is 2.55 bits per heavy atom. The lowest BCUT2D eigenvalue weighted by Crippen LogP contribution is -2.24. The zero-order valence-corrected chi connectivity index (χ0v) is 12.7. The highest BCUT2D eigenvalue weighted by molar-refractivity contribution is 5.57. The van der Waals surface area contributed by atoms with E-state index >= 15 is 0 Å². The highest BCUT2D eigenvalue weighted by atomic mass is 14.9. The van der Waals surface area contributed by atoms with Crippen LogP contribution in [-0.2, 0) is 0 Å². The van der Waals surface area contributed by atoms with Gasteiger partial charge in [0.1, 0.15) is 0 Å². The van der Waals surface area contributed by atoms with E-state index in [1.165, 1.54) is 56.1 Å². The standard InChI is InChI=1S/C19H27N/c1-15-7-5-6-10-17(15)13-18(14-20-19-11-12-19)16-8-3-2-4-9-16/h5-7,10,13,16,19-20H,2-4,8-9,11-12,14H2,1H3/b18-13-. The lowest BCUT2D eigenvalue weighted by Gasteiger charge is -2.25. The highest BCUT2D eigenvalue weighted by Crippen LogP contribution is 2.31. The van der Waals surface area contributed by atoms with Crippen molar-refractivity contribution < 1.29 is 0 Å². The lowest BCUT2D eigenvalue weighted by molar-refractivity contribution is 0.396. The van der Waals surface area contributed by atoms with Gasteiger partial charge in [-0.25, -0.2) is 0 Å². The van der Waals surface area contributed by atoms with E-state index in [2.05, 4.69) is 42.6 Å². The molecule has 0 bridgehead atoms. The van der Waals surface area contributed by atoms with Gasteiger partial charge in [-0.2, -0.15) is 0 Å². The highest BCUT2D eigenvalue weighted by Gasteiger charge is 2.23. The summed E-state index contributed by atoms with van der Waals surface area (Å²) in [6.07, 6.45) is 12.3. The largest absolute Gasteiger partial charge is 0.310 e. The molecule has 0 aromatic heterocycles. The third-order valence-electron chi connectivity index (χ3n) is 4.83. The molecule has 1 nitrogen and oxygen atoms in total. The fraction of sp³-hybridized carbons (Fsp3) is 0.579. The van der Waals surface area contributed by atoms with Gasteiger partial charge in [-0.05, 0) is 49.7 Å². The SMILES string of the molecule is Cc1ccccc1/C=C(/CNC1CC1)C1CCCCC1. The minimum atomic E-state index is 0.805. The second kappa shape index (κ2) is 6.58. The maximum Gasteiger partial charge on any atom is 0.0173 e. The molecule has 0 saturated heterocycles. The molecule has 1 N–H and O–H groups in total. The first-order valence-electron chi connectivity index (χ1n) is 8.32. The molecule has 2 aliphatic carbocycles. The topological polar surface area (TPSA) is 12.0 Å². The van der Waals surface area contributed by atoms with E-state index in [9.17, 15) is 0 Å². The third-order valence-corrected chi connectivity index (χ3v) is 4.83. The van der Waals surface area contributed by atoms with Crippen molar-refractivity contribution in [1.82, 2.24) is 5.32 Å². The van der Waals surface area contributed by atoms with Gasteiger partial charge in [0.25, 0.3) is 0 Å². The predicted octanol–water partition coefficient (Wildman–Crippen LogP) is 4.71. The van der Waals surface area contributed by atoms with Crippen molar-refractivity contribution in [3.05, 3.63) is 41.0 Å². The summed E-state index contributed by atoms with van der Waals surface area (Å²) in [5, 5.41) is 3.73. The van der Waals surface area contributed by atoms with Gasteiger partial charge in [-0.1, -0.05) is 55.2 Å². The number of hydrogen-bond donors (Lipinski definition) is 1. The number of hydrogen-bond acceptors (Lipinski definition) is 1. The zero-order valence-electron chi connectivity index (χ0n) is 12.7. The molecular formula is C19H27N. The van der Waals surface area contributed by atoms with Crippen LogP contribution >= 0.6 is 0 Å². The van der Waals surface area contributed by atoms with Gasteiger partial charge >= 0.3 is 0 Å². The molecule has 20 heavy (non-hydrogen) atoms. The molecule has 2 fully saturated rings. The van der Waals surface area contributed by atoms with E-state index in [-0.39, 0.29) is 0 Å². The molecule has 2 saturated carbocycles. The molecule has 1 aromatic carbocycles. The van der Waals surface area contributed by atoms with Gasteiger partial charge in [0.15, 0.2) is 0 Å². The summed E-state index contributed by atoms with van der Waals surface area (Å²) in [7, 11) is 0. The van der Waals surface area contributed by atoms with Crippen LogP contribution in [0.4, 0.5) is 0 Å². The van der Waals surface area contributed by atoms with Crippen molar-refractivity contribution in [2.24, 2.45) is 5.92 Å². The average molecular weight is 269 g/mol. The van der Waals surface area contributed by atoms with Crippen molar-refractivity contribution in [3.8, 4) is 0 Å². The normalized spacial score (nSPS) is 21.1. The monoisotopic (exact) mass is 269 g/mol. The van der Waals surface area contributed by atoms with Gasteiger partial charge in [-0.3, -0.25) is 0 Å². The van der Waals surface area contributed by atoms with Crippen LogP contribution in [0.25, 0.3) is 6.08 Å². The molecule has 1 heteroatoms. The van der Waals surface area contributed by atoms with Crippen molar-refractivity contribution in [1.29, 1.82) is 0 Å². The van der Waals surface area contributed by atoms with Gasteiger partial charge in [0, 0.05) is 12.6 Å². The zero-order chi connectivity index (χ0) is 13.8. The van der Waals surface area contributed by atoms with E-state index in [1.54, 1.807) is 5.57 Å². The fourth-order valence-corrected chi connectivity index (χ4v) is 3.28. The third kappa shape index (κ3) is 3.73. The van der Waals surface area contributed by atoms with Gasteiger partial charge in [0.05, 0.1) is 0 Å². The van der Waals surface area contributed by atoms with Crippen LogP contribution in [0.1, 0.15) is 56.1 Å². The van der Waals surface area contributed by atoms with Gasteiger partial charge < -0.3 is 5.32 Å². The maximum atomic E-state index is 3.73. The Balaban J connectivity index is 1.77. The van der Waals surface area contributed by atoms with Crippen LogP contribution in [0.5, 0.6) is 0 Å². The summed E-state index contributed by atoms with van der Waals surface area (Å²) in [4.78, 5) is 0. The molecule has 3 rings (SSSR count). The van der Waals surface area contributed by atoms with E-state index < -0.39 is 0 Å². The average Bonchev–Trinajstić information content (AvgIpc) is 3.30. The quantitative estimate of drug-likeness (QED) is 0.816. The van der Waals surface area contributed by atoms with Crippen LogP contribution in [0.15, 0.2) is 29.8 Å². The molecule has 0 heterocycles. The molecule has 2 aliphatic rings. The summed E-state index contributed by atoms with van der Waals surface area (Å²) in [6, 6.07) is 9.58. The first kappa shape index (κ1) is 13.9. The summed E-state index contributed by atoms with van der Waals surface area (Å²) >= 11 is 0. The Hall–Kier alpha value is -1.08. The molecular weight excluding hydrogens is 242 g/mol. The van der Waals surface area contributed by atoms with Gasteiger partial charge in [-0.15, -0.1) is 0 Å². The summed E-state index contributed by atoms with van der Waals surface area (Å²) < 4.78 is 0. The van der Waals surface area contributed by atoms with E-state index in [0.29, 0.717) is 0 Å². The van der Waals surface area contributed by atoms with Gasteiger partial charge in [0.2, 0.25) is 0 Å². The van der Waals surface area contributed by atoms with Crippen molar-refractivity contribution in [2.45, 2.75) is 57.9 Å². The summed E-state index contributed by atoms with van der Waals surface area (Å²) in [6.45, 7) is 3.32. The molecule has 0 aliphatic heterocycles. The van der Waals surface area contributed by atoms with E-state index in [0.717, 1.165) is 18.5 Å². The number of rotatable bonds is 5. The van der Waals surface area contributed by atoms with Crippen LogP contribution in [-0.4, -0.2) is 12.6 Å². The van der Waals surface area contributed by atoms with Crippen molar-refractivity contribution >= 4 is 6.08 Å². The molecule has 0 radical (unpaired) electrons. The predicted molar refractivity (Wildman–Crippen MR) is 86.8 cm³/mol. The van der Waals surface area contributed by atoms with Crippen LogP contribution in [0.2, 0.25) is 0 Å². The molecule has 0 spiro atoms.